The van der Waals surface area contributed by atoms with Crippen LogP contribution in [-0.2, 0) is 17.8 Å². The first kappa shape index (κ1) is 18.4. The van der Waals surface area contributed by atoms with E-state index >= 15 is 0 Å². The second-order valence-electron chi connectivity index (χ2n) is 7.76. The number of anilines is 1. The molecule has 2 aliphatic rings. The predicted octanol–water partition coefficient (Wildman–Crippen LogP) is 3.08. The molecule has 2 saturated heterocycles. The van der Waals surface area contributed by atoms with Gasteiger partial charge in [0.2, 0.25) is 0 Å². The van der Waals surface area contributed by atoms with Crippen LogP contribution in [0, 0.1) is 18.7 Å². The Morgan fingerprint density at radius 2 is 2.07 bits per heavy atom. The zero-order valence-corrected chi connectivity index (χ0v) is 16.1. The van der Waals surface area contributed by atoms with Gasteiger partial charge in [0, 0.05) is 45.1 Å². The zero-order chi connectivity index (χ0) is 18.6. The Morgan fingerprint density at radius 3 is 2.81 bits per heavy atom. The van der Waals surface area contributed by atoms with Crippen molar-refractivity contribution in [3.8, 4) is 0 Å². The summed E-state index contributed by atoms with van der Waals surface area (Å²) in [5, 5.41) is 0. The van der Waals surface area contributed by atoms with E-state index in [4.69, 9.17) is 4.74 Å². The molecule has 1 aromatic heterocycles. The first-order chi connectivity index (χ1) is 13.2. The lowest BCUT2D eigenvalue weighted by Gasteiger charge is -2.33. The van der Waals surface area contributed by atoms with Gasteiger partial charge in [-0.25, -0.2) is 9.37 Å². The Morgan fingerprint density at radius 1 is 1.22 bits per heavy atom. The first-order valence-corrected chi connectivity index (χ1v) is 10.0. The van der Waals surface area contributed by atoms with Crippen molar-refractivity contribution < 1.29 is 9.13 Å². The SMILES string of the molecule is Cc1nccn1C[C@H]1CCCN(Cc2ccc(N3CCOCC3)c(F)c2)C1. The average Bonchev–Trinajstić information content (AvgIpc) is 3.07. The van der Waals surface area contributed by atoms with E-state index < -0.39 is 0 Å². The molecular formula is C21H29FN4O. The second kappa shape index (κ2) is 8.40. The van der Waals surface area contributed by atoms with Gasteiger partial charge < -0.3 is 14.2 Å². The molecule has 0 bridgehead atoms. The maximum Gasteiger partial charge on any atom is 0.146 e. The lowest BCUT2D eigenvalue weighted by molar-refractivity contribution is 0.122. The normalized spacial score (nSPS) is 21.6. The summed E-state index contributed by atoms with van der Waals surface area (Å²) < 4.78 is 22.3. The summed E-state index contributed by atoms with van der Waals surface area (Å²) in [5.41, 5.74) is 1.76. The molecule has 2 fully saturated rings. The Hall–Kier alpha value is -1.92. The van der Waals surface area contributed by atoms with E-state index in [9.17, 15) is 4.39 Å². The van der Waals surface area contributed by atoms with Gasteiger partial charge in [-0.1, -0.05) is 6.07 Å². The Bertz CT molecular complexity index is 756. The molecule has 146 valence electrons. The molecule has 4 rings (SSSR count). The number of benzene rings is 1. The van der Waals surface area contributed by atoms with Gasteiger partial charge in [-0.05, 0) is 49.9 Å². The van der Waals surface area contributed by atoms with Crippen LogP contribution in [0.25, 0.3) is 0 Å². The molecule has 0 saturated carbocycles. The number of hydrogen-bond donors (Lipinski definition) is 0. The molecule has 0 aliphatic carbocycles. The van der Waals surface area contributed by atoms with E-state index in [1.807, 2.05) is 12.3 Å². The third-order valence-corrected chi connectivity index (χ3v) is 5.75. The maximum absolute atomic E-state index is 14.7. The van der Waals surface area contributed by atoms with Crippen LogP contribution < -0.4 is 4.90 Å². The van der Waals surface area contributed by atoms with Gasteiger partial charge >= 0.3 is 0 Å². The minimum Gasteiger partial charge on any atom is -0.378 e. The van der Waals surface area contributed by atoms with E-state index in [2.05, 4.69) is 38.5 Å². The molecule has 27 heavy (non-hydrogen) atoms. The lowest BCUT2D eigenvalue weighted by Crippen LogP contribution is -2.37. The molecule has 0 amide bonds. The number of halogens is 1. The largest absolute Gasteiger partial charge is 0.378 e. The molecule has 5 nitrogen and oxygen atoms in total. The van der Waals surface area contributed by atoms with Crippen LogP contribution in [0.2, 0.25) is 0 Å². The number of morpholine rings is 1. The smallest absolute Gasteiger partial charge is 0.146 e. The monoisotopic (exact) mass is 372 g/mol. The molecule has 1 atom stereocenters. The highest BCUT2D eigenvalue weighted by Crippen LogP contribution is 2.24. The molecule has 2 aliphatic heterocycles. The van der Waals surface area contributed by atoms with Gasteiger partial charge in [0.05, 0.1) is 18.9 Å². The summed E-state index contributed by atoms with van der Waals surface area (Å²) in [6, 6.07) is 5.73. The van der Waals surface area contributed by atoms with E-state index in [1.165, 1.54) is 12.8 Å². The molecule has 2 aromatic rings. The average molecular weight is 372 g/mol. The van der Waals surface area contributed by atoms with E-state index in [0.29, 0.717) is 24.8 Å². The summed E-state index contributed by atoms with van der Waals surface area (Å²) in [5.74, 6) is 1.59. The molecule has 6 heteroatoms. The van der Waals surface area contributed by atoms with Gasteiger partial charge in [-0.3, -0.25) is 4.90 Å². The van der Waals surface area contributed by atoms with E-state index in [0.717, 1.165) is 50.7 Å². The Kier molecular flexibility index (Phi) is 5.74. The van der Waals surface area contributed by atoms with Crippen molar-refractivity contribution in [2.24, 2.45) is 5.92 Å². The first-order valence-electron chi connectivity index (χ1n) is 10.0. The summed E-state index contributed by atoms with van der Waals surface area (Å²) in [6.07, 6.45) is 6.38. The fourth-order valence-corrected chi connectivity index (χ4v) is 4.29. The number of hydrogen-bond acceptors (Lipinski definition) is 4. The van der Waals surface area contributed by atoms with Gasteiger partial charge in [-0.2, -0.15) is 0 Å². The van der Waals surface area contributed by atoms with Crippen LogP contribution in [0.4, 0.5) is 10.1 Å². The van der Waals surface area contributed by atoms with Crippen LogP contribution in [0.15, 0.2) is 30.6 Å². The topological polar surface area (TPSA) is 33.5 Å². The van der Waals surface area contributed by atoms with E-state index in [1.54, 1.807) is 6.07 Å². The zero-order valence-electron chi connectivity index (χ0n) is 16.1. The number of nitrogens with zero attached hydrogens (tertiary/aromatic N) is 4. The fraction of sp³-hybridized carbons (Fsp3) is 0.571. The third kappa shape index (κ3) is 4.50. The van der Waals surface area contributed by atoms with Gasteiger partial charge in [-0.15, -0.1) is 0 Å². The summed E-state index contributed by atoms with van der Waals surface area (Å²) in [6.45, 7) is 8.91. The van der Waals surface area contributed by atoms with Crippen molar-refractivity contribution in [2.45, 2.75) is 32.9 Å². The van der Waals surface area contributed by atoms with Gasteiger partial charge in [0.1, 0.15) is 11.6 Å². The predicted molar refractivity (Wildman–Crippen MR) is 104 cm³/mol. The highest BCUT2D eigenvalue weighted by atomic mass is 19.1. The Labute approximate surface area is 160 Å². The molecule has 0 unspecified atom stereocenters. The number of rotatable bonds is 5. The lowest BCUT2D eigenvalue weighted by atomic mass is 9.97. The van der Waals surface area contributed by atoms with Crippen LogP contribution in [-0.4, -0.2) is 53.8 Å². The second-order valence-corrected chi connectivity index (χ2v) is 7.76. The number of piperidine rings is 1. The van der Waals surface area contributed by atoms with Crippen molar-refractivity contribution in [3.05, 3.63) is 47.8 Å². The molecule has 3 heterocycles. The molecular weight excluding hydrogens is 343 g/mol. The summed E-state index contributed by atoms with van der Waals surface area (Å²) in [7, 11) is 0. The summed E-state index contributed by atoms with van der Waals surface area (Å²) in [4.78, 5) is 8.86. The number of ether oxygens (including phenoxy) is 1. The van der Waals surface area contributed by atoms with Gasteiger partial charge in [0.15, 0.2) is 0 Å². The van der Waals surface area contributed by atoms with Crippen molar-refractivity contribution in [1.29, 1.82) is 0 Å². The standard InChI is InChI=1S/C21H29FN4O/c1-17-23-6-8-26(17)16-19-3-2-7-24(15-19)14-18-4-5-21(20(22)13-18)25-9-11-27-12-10-25/h4-6,8,13,19H,2-3,7,9-12,14-16H2,1H3/t19-/m0/s1. The number of likely N-dealkylation sites (tertiary alicyclic amines) is 1. The number of imidazole rings is 1. The Balaban J connectivity index is 1.36. The maximum atomic E-state index is 14.7. The van der Waals surface area contributed by atoms with Crippen LogP contribution in [0.5, 0.6) is 0 Å². The van der Waals surface area contributed by atoms with E-state index in [-0.39, 0.29) is 5.82 Å². The molecule has 1 aromatic carbocycles. The highest BCUT2D eigenvalue weighted by Gasteiger charge is 2.21. The number of aromatic nitrogens is 2. The molecule has 0 spiro atoms. The molecule has 0 N–H and O–H groups in total. The minimum absolute atomic E-state index is 0.114. The van der Waals surface area contributed by atoms with Gasteiger partial charge in [0.25, 0.3) is 0 Å². The number of aryl methyl sites for hydroxylation is 1. The quantitative estimate of drug-likeness (QED) is 0.808. The third-order valence-electron chi connectivity index (χ3n) is 5.75. The van der Waals surface area contributed by atoms with Crippen molar-refractivity contribution in [3.63, 3.8) is 0 Å². The fourth-order valence-electron chi connectivity index (χ4n) is 4.29. The van der Waals surface area contributed by atoms with Crippen LogP contribution in [0.3, 0.4) is 0 Å². The van der Waals surface area contributed by atoms with Crippen molar-refractivity contribution in [2.75, 3.05) is 44.3 Å². The van der Waals surface area contributed by atoms with Crippen LogP contribution in [0.1, 0.15) is 24.2 Å². The van der Waals surface area contributed by atoms with Crippen molar-refractivity contribution >= 4 is 5.69 Å². The van der Waals surface area contributed by atoms with Crippen molar-refractivity contribution in [1.82, 2.24) is 14.5 Å². The minimum atomic E-state index is -0.114. The molecule has 0 radical (unpaired) electrons. The highest BCUT2D eigenvalue weighted by molar-refractivity contribution is 5.49. The summed E-state index contributed by atoms with van der Waals surface area (Å²) >= 11 is 0. The van der Waals surface area contributed by atoms with Crippen LogP contribution >= 0.6 is 0 Å².